The molecule has 0 atom stereocenters. The molecular weight excluding hydrogens is 554 g/mol. The highest BCUT2D eigenvalue weighted by atomic mass is 79.9. The number of benzene rings is 3. The molecule has 0 spiro atoms. The van der Waals surface area contributed by atoms with Gasteiger partial charge in [0, 0.05) is 10.6 Å². The Morgan fingerprint density at radius 1 is 1.12 bits per heavy atom. The number of thiocarbonyl (C=S) groups is 1. The average Bonchev–Trinajstić information content (AvgIpc) is 3.07. The standard InChI is InChI=1S/C26H21BrClNO3S2/c1-3-31-22-13-17(12-19(27)24(22)32-15-18-9-5-6-10-20(18)28)14-23-25(30)29(26(33)34-23)21-11-7-4-8-16(21)2/h4-14H,3,15H2,1-2H3. The van der Waals surface area contributed by atoms with Crippen molar-refractivity contribution in [3.63, 3.8) is 0 Å². The van der Waals surface area contributed by atoms with Crippen molar-refractivity contribution >= 4 is 73.5 Å². The first kappa shape index (κ1) is 24.8. The second kappa shape index (κ2) is 11.0. The fourth-order valence-corrected chi connectivity index (χ4v) is 5.53. The topological polar surface area (TPSA) is 38.8 Å². The number of carbonyl (C=O) groups excluding carboxylic acids is 1. The molecule has 0 radical (unpaired) electrons. The number of anilines is 1. The molecule has 1 saturated heterocycles. The van der Waals surface area contributed by atoms with E-state index in [1.165, 1.54) is 11.8 Å². The van der Waals surface area contributed by atoms with Gasteiger partial charge in [-0.05, 0) is 71.2 Å². The van der Waals surface area contributed by atoms with Gasteiger partial charge in [0.25, 0.3) is 5.91 Å². The maximum Gasteiger partial charge on any atom is 0.270 e. The van der Waals surface area contributed by atoms with E-state index in [1.54, 1.807) is 4.90 Å². The Morgan fingerprint density at radius 2 is 1.85 bits per heavy atom. The number of nitrogens with zero attached hydrogens (tertiary/aromatic N) is 1. The van der Waals surface area contributed by atoms with Crippen molar-refractivity contribution in [1.29, 1.82) is 0 Å². The highest BCUT2D eigenvalue weighted by Crippen LogP contribution is 2.41. The predicted octanol–water partition coefficient (Wildman–Crippen LogP) is 7.79. The van der Waals surface area contributed by atoms with E-state index in [0.717, 1.165) is 22.4 Å². The maximum absolute atomic E-state index is 13.2. The first-order valence-corrected chi connectivity index (χ1v) is 12.9. The number of para-hydroxylation sites is 1. The van der Waals surface area contributed by atoms with Gasteiger partial charge >= 0.3 is 0 Å². The monoisotopic (exact) mass is 573 g/mol. The minimum atomic E-state index is -0.141. The molecule has 4 rings (SSSR count). The fourth-order valence-electron chi connectivity index (χ4n) is 3.48. The van der Waals surface area contributed by atoms with Crippen LogP contribution >= 0.6 is 51.5 Å². The number of ether oxygens (including phenoxy) is 2. The first-order chi connectivity index (χ1) is 16.4. The normalized spacial score (nSPS) is 14.7. The lowest BCUT2D eigenvalue weighted by Gasteiger charge is -2.17. The maximum atomic E-state index is 13.2. The smallest absolute Gasteiger partial charge is 0.270 e. The van der Waals surface area contributed by atoms with Crippen LogP contribution in [0.5, 0.6) is 11.5 Å². The second-order valence-corrected chi connectivity index (χ2v) is 10.4. The van der Waals surface area contributed by atoms with Gasteiger partial charge in [0.15, 0.2) is 15.8 Å². The van der Waals surface area contributed by atoms with Crippen LogP contribution in [-0.2, 0) is 11.4 Å². The summed E-state index contributed by atoms with van der Waals surface area (Å²) < 4.78 is 13.1. The number of aryl methyl sites for hydroxylation is 1. The van der Waals surface area contributed by atoms with Crippen LogP contribution in [0.2, 0.25) is 5.02 Å². The van der Waals surface area contributed by atoms with E-state index in [1.807, 2.05) is 80.6 Å². The molecule has 8 heteroatoms. The molecule has 1 fully saturated rings. The van der Waals surface area contributed by atoms with E-state index in [4.69, 9.17) is 33.3 Å². The number of hydrogen-bond acceptors (Lipinski definition) is 5. The highest BCUT2D eigenvalue weighted by Gasteiger charge is 2.34. The van der Waals surface area contributed by atoms with Crippen molar-refractivity contribution in [3.8, 4) is 11.5 Å². The van der Waals surface area contributed by atoms with Gasteiger partial charge in [-0.15, -0.1) is 0 Å². The van der Waals surface area contributed by atoms with Crippen LogP contribution in [0.15, 0.2) is 70.0 Å². The number of halogens is 2. The third-order valence-corrected chi connectivity index (χ3v) is 7.37. The van der Waals surface area contributed by atoms with Crippen molar-refractivity contribution in [2.45, 2.75) is 20.5 Å². The van der Waals surface area contributed by atoms with Gasteiger partial charge in [-0.25, -0.2) is 0 Å². The molecule has 0 aromatic heterocycles. The second-order valence-electron chi connectivity index (χ2n) is 7.45. The fraction of sp³-hybridized carbons (Fsp3) is 0.154. The summed E-state index contributed by atoms with van der Waals surface area (Å²) in [4.78, 5) is 15.3. The van der Waals surface area contributed by atoms with Crippen LogP contribution in [0.25, 0.3) is 6.08 Å². The molecule has 3 aromatic rings. The zero-order chi connectivity index (χ0) is 24.2. The summed E-state index contributed by atoms with van der Waals surface area (Å²) >= 11 is 16.7. The Hall–Kier alpha value is -2.32. The van der Waals surface area contributed by atoms with E-state index in [-0.39, 0.29) is 5.91 Å². The largest absolute Gasteiger partial charge is 0.490 e. The lowest BCUT2D eigenvalue weighted by atomic mass is 10.1. The number of carbonyl (C=O) groups is 1. The molecule has 0 saturated carbocycles. The van der Waals surface area contributed by atoms with Gasteiger partial charge < -0.3 is 9.47 Å². The van der Waals surface area contributed by atoms with Crippen LogP contribution in [0.3, 0.4) is 0 Å². The zero-order valence-corrected chi connectivity index (χ0v) is 22.5. The number of thioether (sulfide) groups is 1. The zero-order valence-electron chi connectivity index (χ0n) is 18.5. The summed E-state index contributed by atoms with van der Waals surface area (Å²) in [6.45, 7) is 4.64. The molecule has 1 aliphatic rings. The molecule has 1 heterocycles. The van der Waals surface area contributed by atoms with Crippen LogP contribution in [0.4, 0.5) is 5.69 Å². The SMILES string of the molecule is CCOc1cc(C=C2SC(=S)N(c3ccccc3C)C2=O)cc(Br)c1OCc1ccccc1Cl. The highest BCUT2D eigenvalue weighted by molar-refractivity contribution is 9.10. The molecule has 4 nitrogen and oxygen atoms in total. The van der Waals surface area contributed by atoms with Gasteiger partial charge in [-0.3, -0.25) is 9.69 Å². The van der Waals surface area contributed by atoms with Gasteiger partial charge in [0.1, 0.15) is 6.61 Å². The Bertz CT molecular complexity index is 1290. The first-order valence-electron chi connectivity index (χ1n) is 10.5. The lowest BCUT2D eigenvalue weighted by molar-refractivity contribution is -0.113. The molecule has 34 heavy (non-hydrogen) atoms. The van der Waals surface area contributed by atoms with Crippen LogP contribution in [-0.4, -0.2) is 16.8 Å². The van der Waals surface area contributed by atoms with Crippen molar-refractivity contribution < 1.29 is 14.3 Å². The van der Waals surface area contributed by atoms with Crippen LogP contribution < -0.4 is 14.4 Å². The van der Waals surface area contributed by atoms with E-state index in [9.17, 15) is 4.79 Å². The average molecular weight is 575 g/mol. The Balaban J connectivity index is 1.62. The molecule has 1 amide bonds. The Kier molecular flexibility index (Phi) is 7.99. The van der Waals surface area contributed by atoms with Gasteiger partial charge in [-0.1, -0.05) is 72.0 Å². The molecular formula is C26H21BrClNO3S2. The lowest BCUT2D eigenvalue weighted by Crippen LogP contribution is -2.28. The third kappa shape index (κ3) is 5.33. The molecule has 0 N–H and O–H groups in total. The number of hydrogen-bond donors (Lipinski definition) is 0. The van der Waals surface area contributed by atoms with Gasteiger partial charge in [0.05, 0.1) is 21.7 Å². The Labute approximate surface area is 222 Å². The van der Waals surface area contributed by atoms with Crippen LogP contribution in [0, 0.1) is 6.92 Å². The van der Waals surface area contributed by atoms with Crippen LogP contribution in [0.1, 0.15) is 23.6 Å². The van der Waals surface area contributed by atoms with E-state index in [2.05, 4.69) is 15.9 Å². The summed E-state index contributed by atoms with van der Waals surface area (Å²) in [5.41, 5.74) is 3.46. The predicted molar refractivity (Wildman–Crippen MR) is 148 cm³/mol. The molecule has 1 aliphatic heterocycles. The van der Waals surface area contributed by atoms with Crippen molar-refractivity contribution in [1.82, 2.24) is 0 Å². The molecule has 3 aromatic carbocycles. The molecule has 174 valence electrons. The van der Waals surface area contributed by atoms with E-state index >= 15 is 0 Å². The molecule has 0 aliphatic carbocycles. The third-order valence-electron chi connectivity index (χ3n) is 5.11. The summed E-state index contributed by atoms with van der Waals surface area (Å²) in [6, 6.07) is 19.0. The summed E-state index contributed by atoms with van der Waals surface area (Å²) in [6.07, 6.45) is 1.82. The number of amides is 1. The quantitative estimate of drug-likeness (QED) is 0.213. The van der Waals surface area contributed by atoms with Crippen molar-refractivity contribution in [3.05, 3.63) is 91.8 Å². The summed E-state index contributed by atoms with van der Waals surface area (Å²) in [5.74, 6) is 1.01. The Morgan fingerprint density at radius 3 is 2.59 bits per heavy atom. The summed E-state index contributed by atoms with van der Waals surface area (Å²) in [7, 11) is 0. The molecule has 0 unspecified atom stereocenters. The van der Waals surface area contributed by atoms with Crippen molar-refractivity contribution in [2.75, 3.05) is 11.5 Å². The minimum Gasteiger partial charge on any atom is -0.490 e. The number of rotatable bonds is 7. The minimum absolute atomic E-state index is 0.141. The van der Waals surface area contributed by atoms with E-state index < -0.39 is 0 Å². The van der Waals surface area contributed by atoms with Crippen molar-refractivity contribution in [2.24, 2.45) is 0 Å². The molecule has 0 bridgehead atoms. The van der Waals surface area contributed by atoms with Gasteiger partial charge in [-0.2, -0.15) is 0 Å². The van der Waals surface area contributed by atoms with E-state index in [0.29, 0.717) is 43.4 Å². The van der Waals surface area contributed by atoms with Gasteiger partial charge in [0.2, 0.25) is 0 Å². The summed E-state index contributed by atoms with van der Waals surface area (Å²) in [5, 5.41) is 0.642.